The average molecular weight is 483 g/mol. The van der Waals surface area contributed by atoms with Crippen LogP contribution in [0, 0.1) is 0 Å². The first kappa shape index (κ1) is 18.9. The molecule has 0 fully saturated rings. The molecule has 0 heterocycles. The second-order valence-electron chi connectivity index (χ2n) is 4.67. The van der Waals surface area contributed by atoms with Gasteiger partial charge < -0.3 is 0 Å². The van der Waals surface area contributed by atoms with Crippen molar-refractivity contribution < 1.29 is 0 Å². The van der Waals surface area contributed by atoms with Gasteiger partial charge in [0.05, 0.1) is 0 Å². The fraction of sp³-hybridized carbons (Fsp3) is 0. The van der Waals surface area contributed by atoms with Crippen molar-refractivity contribution in [2.75, 3.05) is 0 Å². The molecule has 0 aliphatic rings. The van der Waals surface area contributed by atoms with Crippen LogP contribution in [0.25, 0.3) is 0 Å². The molecule has 23 heavy (non-hydrogen) atoms. The average Bonchev–Trinajstić information content (AvgIpc) is 2.64. The zero-order valence-electron chi connectivity index (χ0n) is 12.3. The van der Waals surface area contributed by atoms with E-state index in [9.17, 15) is 0 Å². The van der Waals surface area contributed by atoms with Gasteiger partial charge in [0.1, 0.15) is 0 Å². The molecular formula is C18H15Cl3Ge2. The molecule has 0 unspecified atom stereocenters. The number of benzene rings is 3. The molecule has 0 atom stereocenters. The molecule has 0 saturated heterocycles. The van der Waals surface area contributed by atoms with Gasteiger partial charge in [-0.2, -0.15) is 0 Å². The van der Waals surface area contributed by atoms with Gasteiger partial charge in [0, 0.05) is 0 Å². The van der Waals surface area contributed by atoms with E-state index in [1.807, 2.05) is 66.7 Å². The summed E-state index contributed by atoms with van der Waals surface area (Å²) >= 11 is -3.55. The van der Waals surface area contributed by atoms with Crippen molar-refractivity contribution in [3.63, 3.8) is 0 Å². The van der Waals surface area contributed by atoms with Gasteiger partial charge >= 0.3 is 160 Å². The van der Waals surface area contributed by atoms with Crippen LogP contribution in [0.3, 0.4) is 0 Å². The predicted molar refractivity (Wildman–Crippen MR) is 107 cm³/mol. The molecular weight excluding hydrogens is 468 g/mol. The molecule has 0 N–H and O–H groups in total. The Kier molecular flexibility index (Phi) is 8.63. The Morgan fingerprint density at radius 2 is 0.739 bits per heavy atom. The first-order valence-corrected chi connectivity index (χ1v) is 18.5. The number of hydrogen-bond donors (Lipinski definition) is 0. The molecule has 2 radical (unpaired) electrons. The van der Waals surface area contributed by atoms with Gasteiger partial charge in [0.15, 0.2) is 0 Å². The Bertz CT molecular complexity index is 637. The van der Waals surface area contributed by atoms with Gasteiger partial charge in [-0.15, -0.1) is 0 Å². The number of rotatable bonds is 3. The van der Waals surface area contributed by atoms with Crippen LogP contribution in [0.2, 0.25) is 0 Å². The molecule has 0 amide bonds. The van der Waals surface area contributed by atoms with E-state index in [0.717, 1.165) is 4.40 Å². The standard InChI is InChI=1S/C12H10ClGe.C6H5Cl2Ge/c13-14(11-7-3-1-4-8-11)12-9-5-2-6-10-12;7-9(8)6-4-2-1-3-5-6/h1-10H;1-5H. The summed E-state index contributed by atoms with van der Waals surface area (Å²) in [4.78, 5) is 0. The second kappa shape index (κ2) is 10.5. The Balaban J connectivity index is 0.000000185. The van der Waals surface area contributed by atoms with Crippen molar-refractivity contribution in [3.8, 4) is 0 Å². The predicted octanol–water partition coefficient (Wildman–Crippen LogP) is 3.89. The summed E-state index contributed by atoms with van der Waals surface area (Å²) in [6.45, 7) is 0. The van der Waals surface area contributed by atoms with Crippen molar-refractivity contribution in [2.24, 2.45) is 0 Å². The zero-order chi connectivity index (χ0) is 16.5. The van der Waals surface area contributed by atoms with E-state index in [1.165, 1.54) is 8.79 Å². The van der Waals surface area contributed by atoms with Crippen LogP contribution < -0.4 is 13.2 Å². The maximum atomic E-state index is 6.50. The summed E-state index contributed by atoms with van der Waals surface area (Å²) in [5, 5.41) is 0. The molecule has 0 nitrogen and oxygen atoms in total. The molecule has 0 aliphatic carbocycles. The van der Waals surface area contributed by atoms with E-state index in [-0.39, 0.29) is 0 Å². The molecule has 3 rings (SSSR count). The quantitative estimate of drug-likeness (QED) is 0.497. The van der Waals surface area contributed by atoms with Crippen molar-refractivity contribution in [1.29, 1.82) is 0 Å². The van der Waals surface area contributed by atoms with Gasteiger partial charge in [-0.3, -0.25) is 0 Å². The van der Waals surface area contributed by atoms with Crippen LogP contribution >= 0.6 is 30.0 Å². The minimum absolute atomic E-state index is 1.11. The first-order chi connectivity index (χ1) is 11.2. The van der Waals surface area contributed by atoms with E-state index >= 15 is 0 Å². The Morgan fingerprint density at radius 1 is 0.435 bits per heavy atom. The van der Waals surface area contributed by atoms with Gasteiger partial charge in [-0.25, -0.2) is 0 Å². The fourth-order valence-electron chi connectivity index (χ4n) is 1.90. The molecule has 116 valence electrons. The second-order valence-corrected chi connectivity index (χ2v) is 17.6. The maximum absolute atomic E-state index is 6.50. The van der Waals surface area contributed by atoms with E-state index in [4.69, 9.17) is 30.0 Å². The number of hydrogen-bond acceptors (Lipinski definition) is 0. The van der Waals surface area contributed by atoms with Crippen molar-refractivity contribution in [1.82, 2.24) is 0 Å². The van der Waals surface area contributed by atoms with Crippen LogP contribution in [0.4, 0.5) is 0 Å². The summed E-state index contributed by atoms with van der Waals surface area (Å²) in [7, 11) is 18.0. The minimum atomic E-state index is -1.82. The fourth-order valence-corrected chi connectivity index (χ4v) is 8.19. The SMILES string of the molecule is [Cl][Ge]([Cl])[c]1ccccc1.[Cl][Ge]([c]1ccccc1)[c]1ccccc1. The topological polar surface area (TPSA) is 0 Å². The Morgan fingerprint density at radius 3 is 1.00 bits per heavy atom. The van der Waals surface area contributed by atoms with Crippen molar-refractivity contribution in [2.45, 2.75) is 0 Å². The summed E-state index contributed by atoms with van der Waals surface area (Å²) in [5.74, 6) is 0. The van der Waals surface area contributed by atoms with E-state index in [1.54, 1.807) is 0 Å². The van der Waals surface area contributed by atoms with Gasteiger partial charge in [-0.05, 0) is 0 Å². The third kappa shape index (κ3) is 6.56. The molecule has 5 heteroatoms. The van der Waals surface area contributed by atoms with E-state index in [2.05, 4.69) is 24.3 Å². The summed E-state index contributed by atoms with van der Waals surface area (Å²) in [5.41, 5.74) is 0. The first-order valence-electron chi connectivity index (χ1n) is 7.05. The molecule has 0 spiro atoms. The molecule has 0 saturated carbocycles. The third-order valence-electron chi connectivity index (χ3n) is 3.05. The van der Waals surface area contributed by atoms with Gasteiger partial charge in [0.2, 0.25) is 0 Å². The van der Waals surface area contributed by atoms with Crippen molar-refractivity contribution in [3.05, 3.63) is 91.0 Å². The van der Waals surface area contributed by atoms with Gasteiger partial charge in [-0.1, -0.05) is 0 Å². The monoisotopic (exact) mass is 484 g/mol. The van der Waals surface area contributed by atoms with Gasteiger partial charge in [0.25, 0.3) is 0 Å². The zero-order valence-corrected chi connectivity index (χ0v) is 18.8. The van der Waals surface area contributed by atoms with Crippen LogP contribution in [-0.2, 0) is 0 Å². The molecule has 3 aromatic carbocycles. The van der Waals surface area contributed by atoms with E-state index < -0.39 is 25.9 Å². The van der Waals surface area contributed by atoms with Crippen LogP contribution in [0.15, 0.2) is 91.0 Å². The molecule has 0 bridgehead atoms. The summed E-state index contributed by atoms with van der Waals surface area (Å²) < 4.78 is 3.72. The Hall–Kier alpha value is -0.384. The molecule has 0 aliphatic heterocycles. The van der Waals surface area contributed by atoms with Crippen LogP contribution in [-0.4, -0.2) is 25.9 Å². The van der Waals surface area contributed by atoms with Crippen molar-refractivity contribution >= 4 is 69.1 Å². The van der Waals surface area contributed by atoms with Crippen LogP contribution in [0.1, 0.15) is 0 Å². The normalized spacial score (nSPS) is 10.3. The summed E-state index contributed by atoms with van der Waals surface area (Å²) in [6, 6.07) is 30.5. The third-order valence-corrected chi connectivity index (χ3v) is 12.7. The van der Waals surface area contributed by atoms with E-state index in [0.29, 0.717) is 0 Å². The molecule has 3 aromatic rings. The number of halogens is 3. The molecule has 0 aromatic heterocycles. The summed E-state index contributed by atoms with van der Waals surface area (Å²) in [6.07, 6.45) is 0. The Labute approximate surface area is 159 Å². The van der Waals surface area contributed by atoms with Crippen LogP contribution in [0.5, 0.6) is 0 Å².